The lowest BCUT2D eigenvalue weighted by molar-refractivity contribution is 0.402. The largest absolute Gasteiger partial charge is 0.370 e. The van der Waals surface area contributed by atoms with Crippen LogP contribution in [0.1, 0.15) is 39.5 Å². The first-order valence-electron chi connectivity index (χ1n) is 6.39. The minimum absolute atomic E-state index is 0.500. The van der Waals surface area contributed by atoms with Crippen molar-refractivity contribution in [3.05, 3.63) is 0 Å². The average molecular weight is 241 g/mol. The summed E-state index contributed by atoms with van der Waals surface area (Å²) in [5.41, 5.74) is 6.12. The molecule has 0 aromatic heterocycles. The lowest BCUT2D eigenvalue weighted by Gasteiger charge is -2.35. The maximum Gasteiger partial charge on any atom is 0.191 e. The molecule has 1 aliphatic heterocycles. The monoisotopic (exact) mass is 241 g/mol. The first-order chi connectivity index (χ1) is 7.65. The van der Waals surface area contributed by atoms with E-state index >= 15 is 0 Å². The smallest absolute Gasteiger partial charge is 0.191 e. The number of hydrogen-bond acceptors (Lipinski definition) is 2. The summed E-state index contributed by atoms with van der Waals surface area (Å²) >= 11 is 2.05. The summed E-state index contributed by atoms with van der Waals surface area (Å²) in [6.07, 6.45) is 5.11. The van der Waals surface area contributed by atoms with Crippen LogP contribution in [0.25, 0.3) is 0 Å². The number of rotatable bonds is 1. The second-order valence-corrected chi connectivity index (χ2v) is 6.97. The molecule has 1 saturated heterocycles. The molecule has 2 N–H and O–H groups in total. The van der Waals surface area contributed by atoms with Crippen molar-refractivity contribution in [2.45, 2.75) is 56.1 Å². The van der Waals surface area contributed by atoms with E-state index in [0.29, 0.717) is 16.5 Å². The summed E-state index contributed by atoms with van der Waals surface area (Å²) in [6, 6.07) is 0.500. The van der Waals surface area contributed by atoms with Crippen LogP contribution in [0, 0.1) is 0 Å². The number of nitrogens with zero attached hydrogens (tertiary/aromatic N) is 2. The third-order valence-corrected chi connectivity index (χ3v) is 4.61. The highest BCUT2D eigenvalue weighted by Gasteiger charge is 2.24. The molecular weight excluding hydrogens is 218 g/mol. The van der Waals surface area contributed by atoms with E-state index in [1.165, 1.54) is 25.7 Å². The van der Waals surface area contributed by atoms with E-state index in [4.69, 9.17) is 5.73 Å². The van der Waals surface area contributed by atoms with Crippen molar-refractivity contribution in [2.24, 2.45) is 10.7 Å². The van der Waals surface area contributed by atoms with Gasteiger partial charge in [0.1, 0.15) is 0 Å². The third-order valence-electron chi connectivity index (χ3n) is 3.38. The van der Waals surface area contributed by atoms with Gasteiger partial charge in [-0.25, -0.2) is 4.99 Å². The van der Waals surface area contributed by atoms with Gasteiger partial charge in [-0.05, 0) is 12.8 Å². The van der Waals surface area contributed by atoms with Gasteiger partial charge >= 0.3 is 0 Å². The number of guanidine groups is 1. The highest BCUT2D eigenvalue weighted by Crippen LogP contribution is 2.25. The van der Waals surface area contributed by atoms with Gasteiger partial charge in [0.2, 0.25) is 0 Å². The molecule has 1 aliphatic carbocycles. The fourth-order valence-electron chi connectivity index (χ4n) is 2.67. The van der Waals surface area contributed by atoms with E-state index in [2.05, 4.69) is 35.5 Å². The molecule has 92 valence electrons. The second-order valence-electron chi connectivity index (χ2n) is 5.09. The van der Waals surface area contributed by atoms with Crippen LogP contribution in [-0.4, -0.2) is 40.5 Å². The maximum atomic E-state index is 6.12. The molecule has 0 aromatic rings. The van der Waals surface area contributed by atoms with Crippen molar-refractivity contribution >= 4 is 17.7 Å². The molecule has 0 amide bonds. The molecule has 2 unspecified atom stereocenters. The first kappa shape index (κ1) is 12.1. The van der Waals surface area contributed by atoms with Crippen LogP contribution in [-0.2, 0) is 0 Å². The van der Waals surface area contributed by atoms with Gasteiger partial charge in [-0.3, -0.25) is 0 Å². The molecule has 2 rings (SSSR count). The number of hydrogen-bond donors (Lipinski definition) is 1. The van der Waals surface area contributed by atoms with E-state index in [0.717, 1.165) is 19.0 Å². The lowest BCUT2D eigenvalue weighted by Crippen LogP contribution is -2.47. The summed E-state index contributed by atoms with van der Waals surface area (Å²) in [7, 11) is 0. The fourth-order valence-corrected chi connectivity index (χ4v) is 3.99. The van der Waals surface area contributed by atoms with E-state index in [9.17, 15) is 0 Å². The molecule has 1 heterocycles. The summed E-state index contributed by atoms with van der Waals surface area (Å²) in [5.74, 6) is 0.783. The average Bonchev–Trinajstić information content (AvgIpc) is 2.68. The van der Waals surface area contributed by atoms with E-state index in [1.54, 1.807) is 0 Å². The predicted molar refractivity (Wildman–Crippen MR) is 72.0 cm³/mol. The molecule has 0 radical (unpaired) electrons. The Kier molecular flexibility index (Phi) is 4.00. The van der Waals surface area contributed by atoms with Crippen LogP contribution in [0.2, 0.25) is 0 Å². The Labute approximate surface area is 103 Å². The molecule has 0 aromatic carbocycles. The number of thioether (sulfide) groups is 1. The SMILES string of the molecule is CC1CN(C(N)=NC2CCCC2)CC(C)S1. The van der Waals surface area contributed by atoms with Gasteiger partial charge in [0.05, 0.1) is 6.04 Å². The summed E-state index contributed by atoms with van der Waals surface area (Å²) in [6.45, 7) is 6.65. The predicted octanol–water partition coefficient (Wildman–Crippen LogP) is 2.07. The Morgan fingerprint density at radius 1 is 1.19 bits per heavy atom. The Bertz CT molecular complexity index is 251. The van der Waals surface area contributed by atoms with Crippen molar-refractivity contribution in [2.75, 3.05) is 13.1 Å². The topological polar surface area (TPSA) is 41.6 Å². The van der Waals surface area contributed by atoms with E-state index in [1.807, 2.05) is 0 Å². The highest BCUT2D eigenvalue weighted by molar-refractivity contribution is 8.00. The van der Waals surface area contributed by atoms with Crippen LogP contribution in [0.15, 0.2) is 4.99 Å². The standard InChI is InChI=1S/C12H23N3S/c1-9-7-15(8-10(2)16-9)12(13)14-11-5-3-4-6-11/h9-11H,3-8H2,1-2H3,(H2,13,14). The molecule has 1 saturated carbocycles. The summed E-state index contributed by atoms with van der Waals surface area (Å²) in [4.78, 5) is 6.95. The lowest BCUT2D eigenvalue weighted by atomic mass is 10.3. The third kappa shape index (κ3) is 3.06. The molecule has 0 spiro atoms. The Hall–Kier alpha value is -0.380. The molecule has 2 atom stereocenters. The normalized spacial score (nSPS) is 33.4. The molecule has 2 aliphatic rings. The highest BCUT2D eigenvalue weighted by atomic mass is 32.2. The van der Waals surface area contributed by atoms with Crippen molar-refractivity contribution in [1.82, 2.24) is 4.90 Å². The molecule has 0 bridgehead atoms. The summed E-state index contributed by atoms with van der Waals surface area (Å²) < 4.78 is 0. The van der Waals surface area contributed by atoms with Gasteiger partial charge in [0.15, 0.2) is 5.96 Å². The Morgan fingerprint density at radius 3 is 2.31 bits per heavy atom. The van der Waals surface area contributed by atoms with Crippen LogP contribution in [0.4, 0.5) is 0 Å². The van der Waals surface area contributed by atoms with Crippen LogP contribution < -0.4 is 5.73 Å². The van der Waals surface area contributed by atoms with Crippen molar-refractivity contribution in [1.29, 1.82) is 0 Å². The number of nitrogens with two attached hydrogens (primary N) is 1. The fraction of sp³-hybridized carbons (Fsp3) is 0.917. The van der Waals surface area contributed by atoms with Gasteiger partial charge < -0.3 is 10.6 Å². The molecule has 2 fully saturated rings. The zero-order valence-electron chi connectivity index (χ0n) is 10.4. The van der Waals surface area contributed by atoms with E-state index in [-0.39, 0.29) is 0 Å². The van der Waals surface area contributed by atoms with Crippen LogP contribution in [0.5, 0.6) is 0 Å². The van der Waals surface area contributed by atoms with Gasteiger partial charge in [-0.15, -0.1) is 0 Å². The van der Waals surface area contributed by atoms with Crippen molar-refractivity contribution in [3.63, 3.8) is 0 Å². The molecular formula is C12H23N3S. The zero-order chi connectivity index (χ0) is 11.5. The van der Waals surface area contributed by atoms with Gasteiger partial charge in [-0.2, -0.15) is 11.8 Å². The van der Waals surface area contributed by atoms with Crippen molar-refractivity contribution in [3.8, 4) is 0 Å². The van der Waals surface area contributed by atoms with Gasteiger partial charge in [-0.1, -0.05) is 26.7 Å². The molecule has 3 nitrogen and oxygen atoms in total. The zero-order valence-corrected chi connectivity index (χ0v) is 11.2. The van der Waals surface area contributed by atoms with Gasteiger partial charge in [0, 0.05) is 23.6 Å². The minimum atomic E-state index is 0.500. The summed E-state index contributed by atoms with van der Waals surface area (Å²) in [5, 5.41) is 1.34. The van der Waals surface area contributed by atoms with Gasteiger partial charge in [0.25, 0.3) is 0 Å². The first-order valence-corrected chi connectivity index (χ1v) is 7.33. The Morgan fingerprint density at radius 2 is 1.75 bits per heavy atom. The number of aliphatic imine (C=N–C) groups is 1. The van der Waals surface area contributed by atoms with E-state index < -0.39 is 0 Å². The van der Waals surface area contributed by atoms with Crippen LogP contribution >= 0.6 is 11.8 Å². The molecule has 16 heavy (non-hydrogen) atoms. The maximum absolute atomic E-state index is 6.12. The van der Waals surface area contributed by atoms with Crippen molar-refractivity contribution < 1.29 is 0 Å². The second kappa shape index (κ2) is 5.30. The molecule has 4 heteroatoms. The minimum Gasteiger partial charge on any atom is -0.370 e. The van der Waals surface area contributed by atoms with Crippen LogP contribution in [0.3, 0.4) is 0 Å². The Balaban J connectivity index is 1.94. The quantitative estimate of drug-likeness (QED) is 0.564.